The molecule has 0 N–H and O–H groups in total. The molecule has 1 spiro atoms. The molecule has 0 unspecified atom stereocenters. The molecule has 9 heteroatoms. The number of amides is 1. The second-order valence-electron chi connectivity index (χ2n) is 11.4. The number of hydrogen-bond acceptors (Lipinski definition) is 5. The van der Waals surface area contributed by atoms with Crippen molar-refractivity contribution in [3.63, 3.8) is 0 Å². The molecule has 0 radical (unpaired) electrons. The lowest BCUT2D eigenvalue weighted by molar-refractivity contribution is -0.137. The maximum Gasteiger partial charge on any atom is 0.416 e. The van der Waals surface area contributed by atoms with Gasteiger partial charge in [0, 0.05) is 35.6 Å². The van der Waals surface area contributed by atoms with Gasteiger partial charge < -0.3 is 14.4 Å². The van der Waals surface area contributed by atoms with E-state index in [0.29, 0.717) is 17.9 Å². The standard InChI is InChI=1S/C31H31F3N2O4/c1-18(37)17-36-15-14-30-22-10-11-23(29(30)40-28-25(39-3)12-7-20(27(28)30)16-24(22)36)35(2)26(38)13-6-19-4-8-21(9-5-19)31(32,33)34/h4-5,7-9,12,22-24,29H,10-11,14-17H2,1-3H3/t22-,23-,24+,29-,30-/m0/s1. The number of hydrogen-bond donors (Lipinski definition) is 0. The summed E-state index contributed by atoms with van der Waals surface area (Å²) in [6, 6.07) is 8.50. The molecule has 2 bridgehead atoms. The second kappa shape index (κ2) is 9.55. The van der Waals surface area contributed by atoms with Crippen LogP contribution in [-0.4, -0.2) is 66.9 Å². The van der Waals surface area contributed by atoms with E-state index in [1.807, 2.05) is 6.07 Å². The molecule has 0 aromatic heterocycles. The van der Waals surface area contributed by atoms with Crippen molar-refractivity contribution in [2.75, 3.05) is 27.2 Å². The first-order valence-corrected chi connectivity index (χ1v) is 13.6. The summed E-state index contributed by atoms with van der Waals surface area (Å²) in [6.07, 6.45) is -1.46. The van der Waals surface area contributed by atoms with Crippen molar-refractivity contribution in [2.45, 2.75) is 62.4 Å². The number of piperidine rings is 1. The van der Waals surface area contributed by atoms with Gasteiger partial charge in [-0.15, -0.1) is 0 Å². The fraction of sp³-hybridized carbons (Fsp3) is 0.484. The molecule has 1 amide bonds. The number of methoxy groups -OCH3 is 1. The van der Waals surface area contributed by atoms with E-state index in [9.17, 15) is 22.8 Å². The number of Topliss-reactive ketones (excluding diaryl/α,β-unsaturated/α-hetero) is 1. The largest absolute Gasteiger partial charge is 0.493 e. The number of likely N-dealkylation sites (N-methyl/N-ethyl adjacent to an activating group) is 1. The molecule has 2 aromatic carbocycles. The molecular formula is C31H31F3N2O4. The van der Waals surface area contributed by atoms with Crippen molar-refractivity contribution < 1.29 is 32.2 Å². The minimum Gasteiger partial charge on any atom is -0.493 e. The van der Waals surface area contributed by atoms with Gasteiger partial charge in [-0.1, -0.05) is 12.0 Å². The molecule has 2 aliphatic carbocycles. The Morgan fingerprint density at radius 1 is 1.18 bits per heavy atom. The van der Waals surface area contributed by atoms with Gasteiger partial charge in [0.1, 0.15) is 11.9 Å². The number of carbonyl (C=O) groups excluding carboxylic acids is 2. The van der Waals surface area contributed by atoms with Crippen LogP contribution in [0.4, 0.5) is 13.2 Å². The summed E-state index contributed by atoms with van der Waals surface area (Å²) in [4.78, 5) is 29.3. The number of rotatable bonds is 4. The summed E-state index contributed by atoms with van der Waals surface area (Å²) >= 11 is 0. The minimum atomic E-state index is -4.43. The van der Waals surface area contributed by atoms with Crippen LogP contribution in [-0.2, 0) is 27.6 Å². The SMILES string of the molecule is COc1ccc2c3c1O[C@H]1[C@@H](N(C)C(=O)C#Cc4ccc(C(F)(F)F)cc4)CC[C@H]4[C@@H](C2)N(CC(C)=O)CC[C@@]341. The number of ether oxygens (including phenoxy) is 2. The maximum atomic E-state index is 13.3. The highest BCUT2D eigenvalue weighted by atomic mass is 19.4. The highest BCUT2D eigenvalue weighted by Crippen LogP contribution is 2.64. The molecule has 40 heavy (non-hydrogen) atoms. The summed E-state index contributed by atoms with van der Waals surface area (Å²) in [5, 5.41) is 0. The third-order valence-corrected chi connectivity index (χ3v) is 9.38. The van der Waals surface area contributed by atoms with E-state index in [2.05, 4.69) is 22.8 Å². The molecule has 5 atom stereocenters. The van der Waals surface area contributed by atoms with Gasteiger partial charge in [0.15, 0.2) is 11.5 Å². The van der Waals surface area contributed by atoms with Gasteiger partial charge in [-0.2, -0.15) is 13.2 Å². The lowest BCUT2D eigenvalue weighted by atomic mass is 9.51. The lowest BCUT2D eigenvalue weighted by Gasteiger charge is -2.60. The van der Waals surface area contributed by atoms with Crippen molar-refractivity contribution in [1.82, 2.24) is 9.80 Å². The Labute approximate surface area is 231 Å². The number of nitrogens with zero attached hydrogens (tertiary/aromatic N) is 2. The van der Waals surface area contributed by atoms with Crippen LogP contribution in [0.15, 0.2) is 36.4 Å². The second-order valence-corrected chi connectivity index (χ2v) is 11.4. The molecule has 1 saturated carbocycles. The first-order valence-electron chi connectivity index (χ1n) is 13.6. The molecule has 6 nitrogen and oxygen atoms in total. The summed E-state index contributed by atoms with van der Waals surface area (Å²) in [7, 11) is 3.35. The quantitative estimate of drug-likeness (QED) is 0.532. The molecule has 6 rings (SSSR count). The van der Waals surface area contributed by atoms with Crippen LogP contribution >= 0.6 is 0 Å². The van der Waals surface area contributed by atoms with Gasteiger partial charge in [-0.05, 0) is 81.0 Å². The molecule has 2 fully saturated rings. The average Bonchev–Trinajstić information content (AvgIpc) is 3.27. The van der Waals surface area contributed by atoms with Crippen LogP contribution in [0.5, 0.6) is 11.5 Å². The van der Waals surface area contributed by atoms with Crippen LogP contribution in [0.3, 0.4) is 0 Å². The molecule has 1 saturated heterocycles. The number of alkyl halides is 3. The molecule has 2 aliphatic heterocycles. The van der Waals surface area contributed by atoms with Crippen molar-refractivity contribution in [2.24, 2.45) is 5.92 Å². The Morgan fingerprint density at radius 2 is 1.93 bits per heavy atom. The fourth-order valence-electron chi connectivity index (χ4n) is 7.73. The van der Waals surface area contributed by atoms with Crippen molar-refractivity contribution in [3.8, 4) is 23.3 Å². The highest BCUT2D eigenvalue weighted by Gasteiger charge is 2.66. The van der Waals surface area contributed by atoms with Crippen LogP contribution in [0, 0.1) is 17.8 Å². The highest BCUT2D eigenvalue weighted by molar-refractivity contribution is 5.94. The smallest absolute Gasteiger partial charge is 0.416 e. The van der Waals surface area contributed by atoms with Gasteiger partial charge in [0.05, 0.1) is 25.3 Å². The Balaban J connectivity index is 1.31. The van der Waals surface area contributed by atoms with Crippen molar-refractivity contribution in [3.05, 3.63) is 58.7 Å². The van der Waals surface area contributed by atoms with Gasteiger partial charge in [-0.3, -0.25) is 14.5 Å². The topological polar surface area (TPSA) is 59.1 Å². The van der Waals surface area contributed by atoms with E-state index in [1.54, 1.807) is 26.0 Å². The Bertz CT molecular complexity index is 1430. The number of benzene rings is 2. The van der Waals surface area contributed by atoms with Gasteiger partial charge in [0.25, 0.3) is 5.91 Å². The predicted octanol–water partition coefficient (Wildman–Crippen LogP) is 4.22. The first kappa shape index (κ1) is 26.7. The fourth-order valence-corrected chi connectivity index (χ4v) is 7.73. The minimum absolute atomic E-state index is 0.155. The monoisotopic (exact) mass is 552 g/mol. The van der Waals surface area contributed by atoms with E-state index in [4.69, 9.17) is 9.47 Å². The van der Waals surface area contributed by atoms with Crippen LogP contribution < -0.4 is 9.47 Å². The average molecular weight is 553 g/mol. The van der Waals surface area contributed by atoms with E-state index in [0.717, 1.165) is 50.1 Å². The Morgan fingerprint density at radius 3 is 2.60 bits per heavy atom. The normalized spacial score (nSPS) is 28.1. The zero-order chi connectivity index (χ0) is 28.4. The summed E-state index contributed by atoms with van der Waals surface area (Å²) in [5.74, 6) is 6.82. The predicted molar refractivity (Wildman–Crippen MR) is 141 cm³/mol. The number of ketones is 1. The Kier molecular flexibility index (Phi) is 6.37. The van der Waals surface area contributed by atoms with Crippen LogP contribution in [0.25, 0.3) is 0 Å². The van der Waals surface area contributed by atoms with Crippen LogP contribution in [0.2, 0.25) is 0 Å². The Hall–Kier alpha value is -3.51. The maximum absolute atomic E-state index is 13.3. The summed E-state index contributed by atoms with van der Waals surface area (Å²) in [6.45, 7) is 2.84. The molecule has 210 valence electrons. The van der Waals surface area contributed by atoms with E-state index in [-0.39, 0.29) is 35.3 Å². The van der Waals surface area contributed by atoms with Gasteiger partial charge in [-0.25, -0.2) is 0 Å². The number of halogens is 3. The molecule has 2 heterocycles. The van der Waals surface area contributed by atoms with Gasteiger partial charge >= 0.3 is 6.18 Å². The van der Waals surface area contributed by atoms with Crippen molar-refractivity contribution >= 4 is 11.7 Å². The lowest BCUT2D eigenvalue weighted by Crippen LogP contribution is -2.69. The van der Waals surface area contributed by atoms with E-state index in [1.165, 1.54) is 23.3 Å². The third-order valence-electron chi connectivity index (χ3n) is 9.38. The number of likely N-dealkylation sites (tertiary alicyclic amines) is 1. The van der Waals surface area contributed by atoms with Crippen molar-refractivity contribution in [1.29, 1.82) is 0 Å². The first-order chi connectivity index (χ1) is 19.0. The zero-order valence-electron chi connectivity index (χ0n) is 22.7. The summed E-state index contributed by atoms with van der Waals surface area (Å²) < 4.78 is 51.1. The third kappa shape index (κ3) is 4.07. The molecule has 4 aliphatic rings. The van der Waals surface area contributed by atoms with E-state index >= 15 is 0 Å². The van der Waals surface area contributed by atoms with Gasteiger partial charge in [0.2, 0.25) is 0 Å². The van der Waals surface area contributed by atoms with E-state index < -0.39 is 17.6 Å². The number of carbonyl (C=O) groups is 2. The summed E-state index contributed by atoms with van der Waals surface area (Å²) in [5.41, 5.74) is 1.69. The van der Waals surface area contributed by atoms with Crippen LogP contribution in [0.1, 0.15) is 48.4 Å². The molecular weight excluding hydrogens is 521 g/mol. The zero-order valence-corrected chi connectivity index (χ0v) is 22.7. The molecule has 2 aromatic rings.